The van der Waals surface area contributed by atoms with Crippen LogP contribution in [0.25, 0.3) is 0 Å². The molecule has 0 spiro atoms. The topological polar surface area (TPSA) is 79.5 Å². The summed E-state index contributed by atoms with van der Waals surface area (Å²) in [6.07, 6.45) is 0.610. The maximum atomic E-state index is 11.9. The van der Waals surface area contributed by atoms with Crippen molar-refractivity contribution in [2.45, 2.75) is 25.8 Å². The minimum absolute atomic E-state index is 0. The molecule has 1 aromatic carbocycles. The molecule has 3 N–H and O–H groups in total. The summed E-state index contributed by atoms with van der Waals surface area (Å²) in [6, 6.07) is 5.78. The Labute approximate surface area is 156 Å². The number of amides is 2. The minimum atomic E-state index is -0.120. The molecule has 8 heteroatoms. The zero-order valence-electron chi connectivity index (χ0n) is 13.6. The Hall–Kier alpha value is -1.15. The number of carbonyl (C=O) groups is 2. The summed E-state index contributed by atoms with van der Waals surface area (Å²) < 4.78 is 6.21. The fourth-order valence-electron chi connectivity index (χ4n) is 2.30. The third kappa shape index (κ3) is 7.17. The first-order valence-electron chi connectivity index (χ1n) is 7.68. The summed E-state index contributed by atoms with van der Waals surface area (Å²) in [5, 5.41) is 8.85. The van der Waals surface area contributed by atoms with Gasteiger partial charge in [0.2, 0.25) is 11.8 Å². The van der Waals surface area contributed by atoms with Crippen molar-refractivity contribution in [2.24, 2.45) is 0 Å². The van der Waals surface area contributed by atoms with Gasteiger partial charge in [-0.15, -0.1) is 12.4 Å². The van der Waals surface area contributed by atoms with Gasteiger partial charge in [-0.3, -0.25) is 9.59 Å². The molecule has 2 amide bonds. The van der Waals surface area contributed by atoms with Crippen LogP contribution in [0.15, 0.2) is 22.7 Å². The van der Waals surface area contributed by atoms with E-state index in [-0.39, 0.29) is 36.7 Å². The summed E-state index contributed by atoms with van der Waals surface area (Å²) in [5.74, 6) is -0.190. The maximum absolute atomic E-state index is 11.9. The molecule has 1 saturated heterocycles. The molecule has 1 unspecified atom stereocenters. The van der Waals surface area contributed by atoms with E-state index in [1.807, 2.05) is 25.1 Å². The van der Waals surface area contributed by atoms with E-state index in [1.165, 1.54) is 0 Å². The van der Waals surface area contributed by atoms with Crippen LogP contribution in [0.2, 0.25) is 0 Å². The second-order valence-corrected chi connectivity index (χ2v) is 6.45. The predicted octanol–water partition coefficient (Wildman–Crippen LogP) is 2.00. The van der Waals surface area contributed by atoms with E-state index >= 15 is 0 Å². The molecule has 1 atom stereocenters. The number of aryl methyl sites for hydroxylation is 1. The van der Waals surface area contributed by atoms with E-state index in [4.69, 9.17) is 4.74 Å². The van der Waals surface area contributed by atoms with Crippen molar-refractivity contribution in [2.75, 3.05) is 31.6 Å². The van der Waals surface area contributed by atoms with Crippen LogP contribution in [0.3, 0.4) is 0 Å². The lowest BCUT2D eigenvalue weighted by molar-refractivity contribution is -0.122. The molecule has 6 nitrogen and oxygen atoms in total. The number of benzene rings is 1. The Morgan fingerprint density at radius 2 is 2.17 bits per heavy atom. The van der Waals surface area contributed by atoms with E-state index in [0.717, 1.165) is 22.3 Å². The van der Waals surface area contributed by atoms with E-state index in [1.54, 1.807) is 0 Å². The zero-order chi connectivity index (χ0) is 16.7. The number of halogens is 2. The van der Waals surface area contributed by atoms with Crippen molar-refractivity contribution in [3.05, 3.63) is 28.2 Å². The standard InChI is InChI=1S/C16H22BrN3O3.ClH/c1-11-2-3-12(17)8-14(11)20-15(21)4-5-19-16(22)9-13-10-23-7-6-18-13;/h2-3,8,13,18H,4-7,9-10H2,1H3,(H,19,22)(H,20,21);1H. The first-order valence-corrected chi connectivity index (χ1v) is 8.47. The largest absolute Gasteiger partial charge is 0.378 e. The van der Waals surface area contributed by atoms with Crippen LogP contribution >= 0.6 is 28.3 Å². The molecular formula is C16H23BrClN3O3. The van der Waals surface area contributed by atoms with Gasteiger partial charge in [0.1, 0.15) is 0 Å². The highest BCUT2D eigenvalue weighted by atomic mass is 79.9. The normalized spacial score (nSPS) is 16.8. The Balaban J connectivity index is 0.00000288. The third-order valence-corrected chi connectivity index (χ3v) is 4.07. The first-order chi connectivity index (χ1) is 11.0. The van der Waals surface area contributed by atoms with Gasteiger partial charge in [-0.25, -0.2) is 0 Å². The summed E-state index contributed by atoms with van der Waals surface area (Å²) in [4.78, 5) is 23.7. The SMILES string of the molecule is Cc1ccc(Br)cc1NC(=O)CCNC(=O)CC1COCCN1.Cl. The molecule has 0 radical (unpaired) electrons. The van der Waals surface area contributed by atoms with E-state index in [9.17, 15) is 9.59 Å². The second-order valence-electron chi connectivity index (χ2n) is 5.54. The van der Waals surface area contributed by atoms with Crippen LogP contribution in [-0.2, 0) is 14.3 Å². The van der Waals surface area contributed by atoms with Crippen LogP contribution < -0.4 is 16.0 Å². The molecule has 134 valence electrons. The highest BCUT2D eigenvalue weighted by molar-refractivity contribution is 9.10. The van der Waals surface area contributed by atoms with E-state index < -0.39 is 0 Å². The van der Waals surface area contributed by atoms with Crippen LogP contribution in [0.4, 0.5) is 5.69 Å². The number of nitrogens with one attached hydrogen (secondary N) is 3. The highest BCUT2D eigenvalue weighted by Gasteiger charge is 2.16. The molecule has 1 aliphatic rings. The van der Waals surface area contributed by atoms with Crippen molar-refractivity contribution in [3.8, 4) is 0 Å². The van der Waals surface area contributed by atoms with Gasteiger partial charge in [0, 0.05) is 42.1 Å². The molecule has 0 bridgehead atoms. The van der Waals surface area contributed by atoms with Crippen LogP contribution in [0.5, 0.6) is 0 Å². The number of hydrogen-bond donors (Lipinski definition) is 3. The zero-order valence-corrected chi connectivity index (χ0v) is 16.0. The highest BCUT2D eigenvalue weighted by Crippen LogP contribution is 2.20. The van der Waals surface area contributed by atoms with Crippen molar-refractivity contribution in [3.63, 3.8) is 0 Å². The second kappa shape index (κ2) is 10.7. The van der Waals surface area contributed by atoms with Crippen LogP contribution in [0, 0.1) is 6.92 Å². The number of carbonyl (C=O) groups excluding carboxylic acids is 2. The number of anilines is 1. The number of ether oxygens (including phenoxy) is 1. The molecule has 1 fully saturated rings. The molecule has 2 rings (SSSR count). The number of rotatable bonds is 6. The van der Waals surface area contributed by atoms with Gasteiger partial charge >= 0.3 is 0 Å². The monoisotopic (exact) mass is 419 g/mol. The van der Waals surface area contributed by atoms with Crippen molar-refractivity contribution in [1.82, 2.24) is 10.6 Å². The van der Waals surface area contributed by atoms with E-state index in [2.05, 4.69) is 31.9 Å². The maximum Gasteiger partial charge on any atom is 0.226 e. The van der Waals surface area contributed by atoms with Gasteiger partial charge in [0.15, 0.2) is 0 Å². The molecule has 1 aliphatic heterocycles. The summed E-state index contributed by atoms with van der Waals surface area (Å²) in [7, 11) is 0. The molecular weight excluding hydrogens is 398 g/mol. The van der Waals surface area contributed by atoms with E-state index in [0.29, 0.717) is 26.2 Å². The number of morpholine rings is 1. The number of hydrogen-bond acceptors (Lipinski definition) is 4. The fourth-order valence-corrected chi connectivity index (χ4v) is 2.66. The summed E-state index contributed by atoms with van der Waals surface area (Å²) in [6.45, 7) is 4.27. The van der Waals surface area contributed by atoms with Gasteiger partial charge in [-0.1, -0.05) is 22.0 Å². The molecule has 24 heavy (non-hydrogen) atoms. The Kier molecular flexibility index (Phi) is 9.28. The molecule has 1 aromatic rings. The average Bonchev–Trinajstić information content (AvgIpc) is 2.52. The predicted molar refractivity (Wildman–Crippen MR) is 99.6 cm³/mol. The lowest BCUT2D eigenvalue weighted by Gasteiger charge is -2.23. The van der Waals surface area contributed by atoms with Gasteiger partial charge in [0.05, 0.1) is 13.2 Å². The first kappa shape index (κ1) is 20.9. The Morgan fingerprint density at radius 1 is 1.38 bits per heavy atom. The van der Waals surface area contributed by atoms with Crippen molar-refractivity contribution in [1.29, 1.82) is 0 Å². The van der Waals surface area contributed by atoms with Gasteiger partial charge in [0.25, 0.3) is 0 Å². The quantitative estimate of drug-likeness (QED) is 0.658. The van der Waals surface area contributed by atoms with Crippen molar-refractivity contribution >= 4 is 45.8 Å². The van der Waals surface area contributed by atoms with Gasteiger partial charge in [-0.2, -0.15) is 0 Å². The lowest BCUT2D eigenvalue weighted by Crippen LogP contribution is -2.44. The van der Waals surface area contributed by atoms with Gasteiger partial charge in [-0.05, 0) is 24.6 Å². The van der Waals surface area contributed by atoms with Crippen LogP contribution in [-0.4, -0.2) is 44.2 Å². The molecule has 1 heterocycles. The third-order valence-electron chi connectivity index (χ3n) is 3.58. The average molecular weight is 421 g/mol. The van der Waals surface area contributed by atoms with Crippen molar-refractivity contribution < 1.29 is 14.3 Å². The summed E-state index contributed by atoms with van der Waals surface area (Å²) >= 11 is 3.38. The summed E-state index contributed by atoms with van der Waals surface area (Å²) in [5.41, 5.74) is 1.77. The fraction of sp³-hybridized carbons (Fsp3) is 0.500. The molecule has 0 aliphatic carbocycles. The molecule has 0 aromatic heterocycles. The lowest BCUT2D eigenvalue weighted by atomic mass is 10.2. The smallest absolute Gasteiger partial charge is 0.226 e. The van der Waals surface area contributed by atoms with Crippen LogP contribution in [0.1, 0.15) is 18.4 Å². The minimum Gasteiger partial charge on any atom is -0.378 e. The molecule has 0 saturated carbocycles. The Bertz CT molecular complexity index is 565. The van der Waals surface area contributed by atoms with Gasteiger partial charge < -0.3 is 20.7 Å². The Morgan fingerprint density at radius 3 is 2.88 bits per heavy atom.